The van der Waals surface area contributed by atoms with E-state index in [1.54, 1.807) is 13.8 Å². The second-order valence-electron chi connectivity index (χ2n) is 7.68. The highest BCUT2D eigenvalue weighted by molar-refractivity contribution is 7.59. The van der Waals surface area contributed by atoms with Crippen LogP contribution in [0.4, 0.5) is 5.82 Å². The van der Waals surface area contributed by atoms with E-state index in [1.165, 1.54) is 24.9 Å². The minimum atomic E-state index is -3.53. The zero-order chi connectivity index (χ0) is 23.6. The molecule has 176 valence electrons. The summed E-state index contributed by atoms with van der Waals surface area (Å²) >= 11 is 0. The molecule has 3 rings (SSSR count). The van der Waals surface area contributed by atoms with Crippen LogP contribution in [-0.2, 0) is 23.6 Å². The van der Waals surface area contributed by atoms with Crippen LogP contribution in [0.25, 0.3) is 11.2 Å². The number of Topliss-reactive ketones (excluding diaryl/α,β-unsaturated/α-hetero) is 2. The second kappa shape index (κ2) is 9.65. The van der Waals surface area contributed by atoms with Gasteiger partial charge in [0.15, 0.2) is 29.5 Å². The number of carbonyl (C=O) groups is 2. The van der Waals surface area contributed by atoms with Crippen LogP contribution >= 0.6 is 7.44 Å². The van der Waals surface area contributed by atoms with Crippen LogP contribution in [0.5, 0.6) is 0 Å². The molecule has 0 spiro atoms. The van der Waals surface area contributed by atoms with Crippen molar-refractivity contribution in [2.75, 3.05) is 12.1 Å². The predicted molar refractivity (Wildman–Crippen MR) is 112 cm³/mol. The Kier molecular flexibility index (Phi) is 7.32. The number of nitrogens with zero attached hydrogens (tertiary/aromatic N) is 5. The highest BCUT2D eigenvalue weighted by atomic mass is 31.2. The van der Waals surface area contributed by atoms with Gasteiger partial charge in [-0.3, -0.25) is 14.2 Å². The number of aliphatic hydroxyl groups is 1. The maximum absolute atomic E-state index is 13.4. The summed E-state index contributed by atoms with van der Waals surface area (Å²) in [6.45, 7) is 5.84. The fourth-order valence-electron chi connectivity index (χ4n) is 3.00. The van der Waals surface area contributed by atoms with Gasteiger partial charge in [0.25, 0.3) is 0 Å². The van der Waals surface area contributed by atoms with Crippen molar-refractivity contribution >= 4 is 36.0 Å². The van der Waals surface area contributed by atoms with Gasteiger partial charge in [-0.2, -0.15) is 4.68 Å². The monoisotopic (exact) mass is 470 g/mol. The number of hydrogen-bond acceptors (Lipinski definition) is 11. The molecule has 2 aromatic rings. The molecular formula is C17H27N8O6P. The van der Waals surface area contributed by atoms with Gasteiger partial charge in [-0.1, -0.05) is 5.21 Å². The number of nitrogens with two attached hydrogens (primary N) is 1. The Hall–Kier alpha value is -2.35. The van der Waals surface area contributed by atoms with E-state index < -0.39 is 38.1 Å². The number of nitrogen functional groups attached to an aromatic ring is 1. The van der Waals surface area contributed by atoms with Gasteiger partial charge in [0, 0.05) is 6.42 Å². The number of ether oxygens (including phenoxy) is 2. The van der Waals surface area contributed by atoms with Crippen molar-refractivity contribution in [2.24, 2.45) is 0 Å². The summed E-state index contributed by atoms with van der Waals surface area (Å²) in [7, 11) is -3.53. The van der Waals surface area contributed by atoms with E-state index >= 15 is 0 Å². The van der Waals surface area contributed by atoms with E-state index in [0.29, 0.717) is 0 Å². The highest BCUT2D eigenvalue weighted by Crippen LogP contribution is 2.40. The Bertz CT molecular complexity index is 1020. The first-order valence-corrected chi connectivity index (χ1v) is 11.8. The summed E-state index contributed by atoms with van der Waals surface area (Å²) in [5.41, 5.74) is 6.30. The van der Waals surface area contributed by atoms with Gasteiger partial charge in [0.1, 0.15) is 30.3 Å². The summed E-state index contributed by atoms with van der Waals surface area (Å²) in [5.74, 6) is -0.317. The topological polar surface area (TPSA) is 196 Å². The van der Waals surface area contributed by atoms with Crippen LogP contribution in [0.1, 0.15) is 40.3 Å². The summed E-state index contributed by atoms with van der Waals surface area (Å²) in [5, 5.41) is 23.8. The van der Waals surface area contributed by atoms with Crippen molar-refractivity contribution in [3.8, 4) is 0 Å². The molecule has 1 aliphatic rings. The largest absolute Gasteiger partial charge is 0.388 e. The van der Waals surface area contributed by atoms with Gasteiger partial charge in [0.05, 0.1) is 12.1 Å². The number of rotatable bonds is 10. The smallest absolute Gasteiger partial charge is 0.237 e. The fourth-order valence-corrected chi connectivity index (χ4v) is 5.22. The number of nitrogens with one attached hydrogen (secondary N) is 2. The molecule has 0 aliphatic carbocycles. The predicted octanol–water partition coefficient (Wildman–Crippen LogP) is -0.289. The Morgan fingerprint density at radius 2 is 1.94 bits per heavy atom. The van der Waals surface area contributed by atoms with Crippen molar-refractivity contribution in [1.82, 2.24) is 35.1 Å². The van der Waals surface area contributed by atoms with E-state index in [0.717, 1.165) is 0 Å². The fraction of sp³-hybridized carbons (Fsp3) is 0.647. The zero-order valence-corrected chi connectivity index (χ0v) is 19.0. The van der Waals surface area contributed by atoms with Gasteiger partial charge in [-0.15, -0.1) is 5.10 Å². The molecule has 3 heterocycles. The summed E-state index contributed by atoms with van der Waals surface area (Å²) in [4.78, 5) is 31.2. The molecular weight excluding hydrogens is 443 g/mol. The van der Waals surface area contributed by atoms with Crippen LogP contribution in [0, 0.1) is 0 Å². The lowest BCUT2D eigenvalue weighted by Crippen LogP contribution is -2.41. The molecule has 15 heteroatoms. The lowest BCUT2D eigenvalue weighted by atomic mass is 10.2. The van der Waals surface area contributed by atoms with Crippen molar-refractivity contribution in [3.05, 3.63) is 6.33 Å². The average Bonchev–Trinajstić information content (AvgIpc) is 3.30. The SMILES string of the molecule is CC(=O)[C@H](C)NP(=O)(CO[C@@H]1C[C@@H](O)[C@H](n2nnc3c(N)ncnc32)O1)N[C@@H](C)C(C)=O. The van der Waals surface area contributed by atoms with Crippen molar-refractivity contribution in [1.29, 1.82) is 0 Å². The van der Waals surface area contributed by atoms with E-state index in [-0.39, 0.29) is 41.3 Å². The van der Waals surface area contributed by atoms with Gasteiger partial charge in [-0.25, -0.2) is 20.1 Å². The third-order valence-electron chi connectivity index (χ3n) is 5.05. The van der Waals surface area contributed by atoms with Crippen LogP contribution in [0.15, 0.2) is 6.33 Å². The molecule has 2 aromatic heterocycles. The second-order valence-corrected chi connectivity index (χ2v) is 9.94. The third kappa shape index (κ3) is 5.34. The molecule has 0 unspecified atom stereocenters. The molecule has 5 N–H and O–H groups in total. The molecule has 0 radical (unpaired) electrons. The first-order valence-electron chi connectivity index (χ1n) is 9.93. The van der Waals surface area contributed by atoms with Crippen molar-refractivity contribution in [2.45, 2.75) is 64.8 Å². The van der Waals surface area contributed by atoms with Gasteiger partial charge < -0.3 is 20.3 Å². The Labute approximate surface area is 183 Å². The number of aromatic nitrogens is 5. The summed E-state index contributed by atoms with van der Waals surface area (Å²) < 4.78 is 26.0. The van der Waals surface area contributed by atoms with Crippen molar-refractivity contribution < 1.29 is 28.7 Å². The van der Waals surface area contributed by atoms with Crippen LogP contribution in [0.3, 0.4) is 0 Å². The van der Waals surface area contributed by atoms with E-state index in [2.05, 4.69) is 30.5 Å². The number of fused-ring (bicyclic) bond motifs is 1. The van der Waals surface area contributed by atoms with Crippen LogP contribution in [-0.4, -0.2) is 72.5 Å². The Morgan fingerprint density at radius 1 is 1.31 bits per heavy atom. The first kappa shape index (κ1) is 24.3. The number of anilines is 1. The minimum Gasteiger partial charge on any atom is -0.388 e. The molecule has 1 fully saturated rings. The van der Waals surface area contributed by atoms with Gasteiger partial charge >= 0.3 is 0 Å². The highest BCUT2D eigenvalue weighted by Gasteiger charge is 2.39. The molecule has 1 aliphatic heterocycles. The lowest BCUT2D eigenvalue weighted by Gasteiger charge is -2.27. The molecule has 5 atom stereocenters. The molecule has 1 saturated heterocycles. The molecule has 14 nitrogen and oxygen atoms in total. The normalized spacial score (nSPS) is 23.3. The Balaban J connectivity index is 1.71. The number of carbonyl (C=O) groups excluding carboxylic acids is 2. The van der Waals surface area contributed by atoms with Gasteiger partial charge in [0.2, 0.25) is 7.44 Å². The van der Waals surface area contributed by atoms with E-state index in [9.17, 15) is 19.3 Å². The zero-order valence-electron chi connectivity index (χ0n) is 18.1. The molecule has 0 aromatic carbocycles. The minimum absolute atomic E-state index is 0.0527. The van der Waals surface area contributed by atoms with Crippen LogP contribution < -0.4 is 15.9 Å². The number of hydrogen-bond donors (Lipinski definition) is 4. The lowest BCUT2D eigenvalue weighted by molar-refractivity contribution is -0.147. The quantitative estimate of drug-likeness (QED) is 0.331. The van der Waals surface area contributed by atoms with Gasteiger partial charge in [-0.05, 0) is 27.7 Å². The molecule has 32 heavy (non-hydrogen) atoms. The Morgan fingerprint density at radius 3 is 2.53 bits per heavy atom. The molecule has 0 bridgehead atoms. The van der Waals surface area contributed by atoms with E-state index in [1.807, 2.05) is 0 Å². The number of ketones is 2. The standard InChI is InChI=1S/C17H27N8O6P/c1-8(10(3)26)22-32(29,23-9(2)11(4)27)7-30-13-5-12(28)17(31-13)25-16-14(21-24-25)15(18)19-6-20-16/h6,8-9,12-13,17,28H,5,7H2,1-4H3,(H2,18,19,20)(H2,22,23,29)/t8-,9-,12+,13-,17+/m0/s1. The first-order chi connectivity index (χ1) is 15.0. The summed E-state index contributed by atoms with van der Waals surface area (Å²) in [6.07, 6.45) is -2.02. The maximum atomic E-state index is 13.4. The maximum Gasteiger partial charge on any atom is 0.237 e. The average molecular weight is 470 g/mol. The van der Waals surface area contributed by atoms with E-state index in [4.69, 9.17) is 15.2 Å². The third-order valence-corrected chi connectivity index (χ3v) is 7.17. The van der Waals surface area contributed by atoms with Crippen LogP contribution in [0.2, 0.25) is 0 Å². The molecule has 0 saturated carbocycles. The summed E-state index contributed by atoms with van der Waals surface area (Å²) in [6, 6.07) is -1.46. The van der Waals surface area contributed by atoms with Crippen molar-refractivity contribution in [3.63, 3.8) is 0 Å². The molecule has 0 amide bonds. The number of aliphatic hydroxyl groups excluding tert-OH is 1.